The molecule has 0 fully saturated rings. The molecule has 0 aliphatic carbocycles. The van der Waals surface area contributed by atoms with Crippen LogP contribution in [-0.2, 0) is 11.3 Å². The van der Waals surface area contributed by atoms with E-state index in [0.29, 0.717) is 17.8 Å². The van der Waals surface area contributed by atoms with Crippen LogP contribution in [-0.4, -0.2) is 67.7 Å². The molecule has 37 heavy (non-hydrogen) atoms. The summed E-state index contributed by atoms with van der Waals surface area (Å²) < 4.78 is 20.9. The number of hydrogen-bond donors (Lipinski definition) is 3. The number of aliphatic hydroxyl groups excluding tert-OH is 2. The van der Waals surface area contributed by atoms with Crippen molar-refractivity contribution >= 4 is 11.9 Å². The number of benzene rings is 2. The molecule has 1 heterocycles. The zero-order chi connectivity index (χ0) is 27.1. The number of ether oxygens (including phenoxy) is 1. The molecular weight excluding hydrogens is 481 g/mol. The van der Waals surface area contributed by atoms with E-state index < -0.39 is 30.4 Å². The SMILES string of the molecule is CC(C)c1c(C(=O)N(C)Cc2ccccc2)nn(-c2ccc(F)cc2)c1OC[C@H](O)C[C@@H](O)CC(=O)O. The quantitative estimate of drug-likeness (QED) is 0.339. The third-order valence-corrected chi connectivity index (χ3v) is 5.71. The summed E-state index contributed by atoms with van der Waals surface area (Å²) in [5.41, 5.74) is 2.06. The lowest BCUT2D eigenvalue weighted by Crippen LogP contribution is -2.28. The smallest absolute Gasteiger partial charge is 0.305 e. The Labute approximate surface area is 214 Å². The molecule has 2 atom stereocenters. The van der Waals surface area contributed by atoms with E-state index in [1.165, 1.54) is 28.9 Å². The van der Waals surface area contributed by atoms with Crippen LogP contribution in [0.2, 0.25) is 0 Å². The Balaban J connectivity index is 1.95. The third kappa shape index (κ3) is 7.37. The van der Waals surface area contributed by atoms with Gasteiger partial charge in [0.15, 0.2) is 5.69 Å². The van der Waals surface area contributed by atoms with E-state index >= 15 is 0 Å². The van der Waals surface area contributed by atoms with Crippen LogP contribution in [0.15, 0.2) is 54.6 Å². The van der Waals surface area contributed by atoms with Crippen molar-refractivity contribution in [1.29, 1.82) is 0 Å². The lowest BCUT2D eigenvalue weighted by molar-refractivity contribution is -0.139. The van der Waals surface area contributed by atoms with Gasteiger partial charge in [-0.1, -0.05) is 44.2 Å². The maximum atomic E-state index is 13.6. The van der Waals surface area contributed by atoms with Crippen LogP contribution in [0.5, 0.6) is 5.88 Å². The van der Waals surface area contributed by atoms with Gasteiger partial charge in [0.05, 0.1) is 24.3 Å². The normalized spacial score (nSPS) is 12.8. The summed E-state index contributed by atoms with van der Waals surface area (Å²) in [7, 11) is 1.67. The molecule has 0 aliphatic rings. The molecule has 3 N–H and O–H groups in total. The van der Waals surface area contributed by atoms with Crippen molar-refractivity contribution < 1.29 is 34.0 Å². The minimum atomic E-state index is -1.24. The predicted octanol–water partition coefficient (Wildman–Crippen LogP) is 3.37. The molecule has 0 saturated carbocycles. The molecule has 3 rings (SSSR count). The Kier molecular flexibility index (Phi) is 9.37. The summed E-state index contributed by atoms with van der Waals surface area (Å²) in [6.07, 6.45) is -3.13. The molecule has 0 spiro atoms. The minimum absolute atomic E-state index is 0.160. The molecule has 198 valence electrons. The number of aliphatic carboxylic acids is 1. The average molecular weight is 514 g/mol. The summed E-state index contributed by atoms with van der Waals surface area (Å²) in [4.78, 5) is 25.9. The van der Waals surface area contributed by atoms with Gasteiger partial charge in [-0.2, -0.15) is 5.10 Å². The van der Waals surface area contributed by atoms with E-state index in [1.807, 2.05) is 44.2 Å². The van der Waals surface area contributed by atoms with Crippen LogP contribution in [0.3, 0.4) is 0 Å². The number of aliphatic hydroxyl groups is 2. The van der Waals surface area contributed by atoms with Crippen molar-refractivity contribution in [3.8, 4) is 11.6 Å². The first-order chi connectivity index (χ1) is 17.6. The van der Waals surface area contributed by atoms with Gasteiger partial charge in [0.1, 0.15) is 12.4 Å². The Bertz CT molecular complexity index is 1200. The number of carboxylic acids is 1. The first-order valence-corrected chi connectivity index (χ1v) is 12.0. The molecule has 0 aliphatic heterocycles. The number of carboxylic acid groups (broad SMARTS) is 1. The number of carbonyl (C=O) groups excluding carboxylic acids is 1. The van der Waals surface area contributed by atoms with Crippen LogP contribution < -0.4 is 4.74 Å². The van der Waals surface area contributed by atoms with Crippen LogP contribution >= 0.6 is 0 Å². The number of amides is 1. The van der Waals surface area contributed by atoms with Crippen molar-refractivity contribution in [3.63, 3.8) is 0 Å². The van der Waals surface area contributed by atoms with E-state index in [-0.39, 0.29) is 36.4 Å². The zero-order valence-electron chi connectivity index (χ0n) is 21.0. The molecule has 0 saturated heterocycles. The van der Waals surface area contributed by atoms with Gasteiger partial charge in [-0.25, -0.2) is 9.07 Å². The van der Waals surface area contributed by atoms with E-state index in [1.54, 1.807) is 11.9 Å². The minimum Gasteiger partial charge on any atom is -0.481 e. The Morgan fingerprint density at radius 2 is 1.70 bits per heavy atom. The maximum absolute atomic E-state index is 13.6. The summed E-state index contributed by atoms with van der Waals surface area (Å²) in [5, 5.41) is 33.6. The Morgan fingerprint density at radius 1 is 1.05 bits per heavy atom. The highest BCUT2D eigenvalue weighted by molar-refractivity contribution is 5.94. The van der Waals surface area contributed by atoms with Gasteiger partial charge < -0.3 is 25.0 Å². The highest BCUT2D eigenvalue weighted by Crippen LogP contribution is 2.33. The first-order valence-electron chi connectivity index (χ1n) is 12.0. The Morgan fingerprint density at radius 3 is 2.30 bits per heavy atom. The second-order valence-corrected chi connectivity index (χ2v) is 9.21. The van der Waals surface area contributed by atoms with Crippen molar-refractivity contribution in [3.05, 3.63) is 77.2 Å². The van der Waals surface area contributed by atoms with E-state index in [9.17, 15) is 24.2 Å². The van der Waals surface area contributed by atoms with Gasteiger partial charge >= 0.3 is 5.97 Å². The molecule has 0 radical (unpaired) electrons. The first kappa shape index (κ1) is 27.8. The van der Waals surface area contributed by atoms with Crippen molar-refractivity contribution in [2.45, 2.75) is 51.4 Å². The van der Waals surface area contributed by atoms with Gasteiger partial charge in [0.2, 0.25) is 5.88 Å². The van der Waals surface area contributed by atoms with Gasteiger partial charge in [-0.15, -0.1) is 0 Å². The summed E-state index contributed by atoms with van der Waals surface area (Å²) >= 11 is 0. The number of nitrogens with zero attached hydrogens (tertiary/aromatic N) is 3. The lowest BCUT2D eigenvalue weighted by atomic mass is 10.0. The molecule has 9 nitrogen and oxygen atoms in total. The van der Waals surface area contributed by atoms with Crippen LogP contribution in [0.25, 0.3) is 5.69 Å². The van der Waals surface area contributed by atoms with Crippen LogP contribution in [0.1, 0.15) is 54.2 Å². The second-order valence-electron chi connectivity index (χ2n) is 9.21. The molecule has 0 unspecified atom stereocenters. The maximum Gasteiger partial charge on any atom is 0.305 e. The topological polar surface area (TPSA) is 125 Å². The summed E-state index contributed by atoms with van der Waals surface area (Å²) in [5.74, 6) is -1.97. The monoisotopic (exact) mass is 513 g/mol. The molecule has 0 bridgehead atoms. The largest absolute Gasteiger partial charge is 0.481 e. The summed E-state index contributed by atoms with van der Waals surface area (Å²) in [6, 6.07) is 15.0. The number of aromatic nitrogens is 2. The zero-order valence-corrected chi connectivity index (χ0v) is 21.0. The standard InChI is InChI=1S/C27H32FN3O6/c1-17(2)24-25(26(36)30(3)15-18-7-5-4-6-8-18)29-31(20-11-9-19(28)10-12-20)27(24)37-16-22(33)13-21(32)14-23(34)35/h4-12,17,21-22,32-33H,13-16H2,1-3H3,(H,34,35)/t21-,22-/m1/s1. The molecule has 1 aromatic heterocycles. The van der Waals surface area contributed by atoms with Crippen molar-refractivity contribution in [1.82, 2.24) is 14.7 Å². The van der Waals surface area contributed by atoms with E-state index in [0.717, 1.165) is 5.56 Å². The van der Waals surface area contributed by atoms with Crippen LogP contribution in [0.4, 0.5) is 4.39 Å². The number of hydrogen-bond acceptors (Lipinski definition) is 6. The van der Waals surface area contributed by atoms with Crippen LogP contribution in [0, 0.1) is 5.82 Å². The predicted molar refractivity (Wildman–Crippen MR) is 134 cm³/mol. The fourth-order valence-electron chi connectivity index (χ4n) is 3.94. The fraction of sp³-hybridized carbons (Fsp3) is 0.370. The highest BCUT2D eigenvalue weighted by Gasteiger charge is 2.29. The van der Waals surface area contributed by atoms with E-state index in [2.05, 4.69) is 5.10 Å². The third-order valence-electron chi connectivity index (χ3n) is 5.71. The highest BCUT2D eigenvalue weighted by atomic mass is 19.1. The van der Waals surface area contributed by atoms with Gasteiger partial charge in [-0.3, -0.25) is 9.59 Å². The number of rotatable bonds is 12. The second kappa shape index (κ2) is 12.5. The number of halogens is 1. The van der Waals surface area contributed by atoms with Crippen molar-refractivity contribution in [2.24, 2.45) is 0 Å². The van der Waals surface area contributed by atoms with Crippen molar-refractivity contribution in [2.75, 3.05) is 13.7 Å². The van der Waals surface area contributed by atoms with Gasteiger partial charge in [0.25, 0.3) is 5.91 Å². The summed E-state index contributed by atoms with van der Waals surface area (Å²) in [6.45, 7) is 3.83. The van der Waals surface area contributed by atoms with Gasteiger partial charge in [-0.05, 0) is 35.7 Å². The van der Waals surface area contributed by atoms with Gasteiger partial charge in [0, 0.05) is 25.6 Å². The molecule has 3 aromatic rings. The fourth-order valence-corrected chi connectivity index (χ4v) is 3.94. The van der Waals surface area contributed by atoms with E-state index in [4.69, 9.17) is 9.84 Å². The lowest BCUT2D eigenvalue weighted by Gasteiger charge is -2.19. The number of carbonyl (C=O) groups is 2. The molecular formula is C27H32FN3O6. The molecule has 1 amide bonds. The molecule has 2 aromatic carbocycles. The molecule has 10 heteroatoms. The Hall–Kier alpha value is -3.76. The average Bonchev–Trinajstić information content (AvgIpc) is 3.22.